The van der Waals surface area contributed by atoms with E-state index in [0.29, 0.717) is 0 Å². The number of anilines is 2. The van der Waals surface area contributed by atoms with E-state index < -0.39 is 0 Å². The molecule has 26 heavy (non-hydrogen) atoms. The molecule has 0 saturated carbocycles. The molecular weight excluding hydrogens is 342 g/mol. The molecule has 1 saturated heterocycles. The van der Waals surface area contributed by atoms with Crippen LogP contribution in [0.15, 0.2) is 48.5 Å². The van der Waals surface area contributed by atoms with Gasteiger partial charge in [-0.25, -0.2) is 0 Å². The summed E-state index contributed by atoms with van der Waals surface area (Å²) >= 11 is 5.54. The van der Waals surface area contributed by atoms with Gasteiger partial charge in [-0.1, -0.05) is 31.2 Å². The van der Waals surface area contributed by atoms with Crippen LogP contribution in [0.25, 0.3) is 0 Å². The summed E-state index contributed by atoms with van der Waals surface area (Å²) < 4.78 is 5.42. The molecule has 1 aliphatic heterocycles. The Morgan fingerprint density at radius 1 is 1.04 bits per heavy atom. The van der Waals surface area contributed by atoms with Gasteiger partial charge in [0.1, 0.15) is 0 Å². The van der Waals surface area contributed by atoms with E-state index >= 15 is 0 Å². The predicted molar refractivity (Wildman–Crippen MR) is 113 cm³/mol. The van der Waals surface area contributed by atoms with Gasteiger partial charge in [0.25, 0.3) is 0 Å². The molecule has 1 N–H and O–H groups in total. The van der Waals surface area contributed by atoms with Crippen molar-refractivity contribution < 1.29 is 4.74 Å². The van der Waals surface area contributed by atoms with E-state index in [9.17, 15) is 0 Å². The highest BCUT2D eigenvalue weighted by Gasteiger charge is 2.11. The van der Waals surface area contributed by atoms with E-state index in [4.69, 9.17) is 17.0 Å². The van der Waals surface area contributed by atoms with Crippen molar-refractivity contribution in [2.24, 2.45) is 0 Å². The quantitative estimate of drug-likeness (QED) is 0.807. The lowest BCUT2D eigenvalue weighted by molar-refractivity contribution is 0.122. The Hall–Kier alpha value is -2.11. The lowest BCUT2D eigenvalue weighted by atomic mass is 10.1. The average Bonchev–Trinajstić information content (AvgIpc) is 2.70. The Morgan fingerprint density at radius 3 is 2.27 bits per heavy atom. The minimum atomic E-state index is 0.728. The zero-order valence-corrected chi connectivity index (χ0v) is 16.4. The predicted octanol–water partition coefficient (Wildman–Crippen LogP) is 3.91. The van der Waals surface area contributed by atoms with E-state index in [0.717, 1.165) is 50.1 Å². The minimum Gasteiger partial charge on any atom is -0.378 e. The standard InChI is InChI=1S/C21H27N3OS/c1-3-17-4-8-19(9-5-17)22-21(26)23(2)16-18-6-10-20(11-7-18)24-12-14-25-15-13-24/h4-11H,3,12-16H2,1-2H3,(H,22,26). The van der Waals surface area contributed by atoms with Gasteiger partial charge >= 0.3 is 0 Å². The Balaban J connectivity index is 1.54. The van der Waals surface area contributed by atoms with Gasteiger partial charge in [0, 0.05) is 38.1 Å². The van der Waals surface area contributed by atoms with E-state index in [2.05, 4.69) is 70.6 Å². The molecule has 0 unspecified atom stereocenters. The monoisotopic (exact) mass is 369 g/mol. The molecule has 4 nitrogen and oxygen atoms in total. The average molecular weight is 370 g/mol. The lowest BCUT2D eigenvalue weighted by Gasteiger charge is -2.29. The van der Waals surface area contributed by atoms with Crippen LogP contribution in [-0.4, -0.2) is 43.4 Å². The normalized spacial score (nSPS) is 14.2. The molecule has 1 aliphatic rings. The second-order valence-corrected chi connectivity index (χ2v) is 6.99. The number of nitrogens with one attached hydrogen (secondary N) is 1. The maximum Gasteiger partial charge on any atom is 0.173 e. The third-order valence-corrected chi connectivity index (χ3v) is 5.11. The number of hydrogen-bond donors (Lipinski definition) is 1. The summed E-state index contributed by atoms with van der Waals surface area (Å²) in [5.74, 6) is 0. The first-order valence-corrected chi connectivity index (χ1v) is 9.59. The van der Waals surface area contributed by atoms with Gasteiger partial charge in [-0.15, -0.1) is 0 Å². The maximum absolute atomic E-state index is 5.54. The third-order valence-electron chi connectivity index (χ3n) is 4.69. The molecule has 0 bridgehead atoms. The highest BCUT2D eigenvalue weighted by atomic mass is 32.1. The van der Waals surface area contributed by atoms with Crippen molar-refractivity contribution in [1.82, 2.24) is 4.90 Å². The highest BCUT2D eigenvalue weighted by molar-refractivity contribution is 7.80. The van der Waals surface area contributed by atoms with Crippen molar-refractivity contribution in [2.75, 3.05) is 43.6 Å². The van der Waals surface area contributed by atoms with Gasteiger partial charge in [-0.05, 0) is 54.0 Å². The number of aryl methyl sites for hydroxylation is 1. The fourth-order valence-electron chi connectivity index (χ4n) is 3.02. The molecule has 1 fully saturated rings. The Morgan fingerprint density at radius 2 is 1.65 bits per heavy atom. The number of hydrogen-bond acceptors (Lipinski definition) is 3. The van der Waals surface area contributed by atoms with Crippen LogP contribution in [-0.2, 0) is 17.7 Å². The summed E-state index contributed by atoms with van der Waals surface area (Å²) in [4.78, 5) is 4.43. The van der Waals surface area contributed by atoms with Crippen LogP contribution >= 0.6 is 12.2 Å². The topological polar surface area (TPSA) is 27.7 Å². The summed E-state index contributed by atoms with van der Waals surface area (Å²) in [7, 11) is 2.02. The Bertz CT molecular complexity index is 709. The highest BCUT2D eigenvalue weighted by Crippen LogP contribution is 2.18. The van der Waals surface area contributed by atoms with E-state index in [1.807, 2.05) is 7.05 Å². The molecule has 2 aromatic carbocycles. The molecule has 1 heterocycles. The molecule has 3 rings (SSSR count). The number of benzene rings is 2. The van der Waals surface area contributed by atoms with Crippen LogP contribution < -0.4 is 10.2 Å². The summed E-state index contributed by atoms with van der Waals surface area (Å²) in [6.45, 7) is 6.48. The molecular formula is C21H27N3OS. The van der Waals surface area contributed by atoms with Crippen LogP contribution in [0.5, 0.6) is 0 Å². The summed E-state index contributed by atoms with van der Waals surface area (Å²) in [6, 6.07) is 17.2. The molecule has 2 aromatic rings. The minimum absolute atomic E-state index is 0.728. The van der Waals surface area contributed by atoms with Gasteiger partial charge < -0.3 is 19.9 Å². The number of rotatable bonds is 5. The number of ether oxygens (including phenoxy) is 1. The number of thiocarbonyl (C=S) groups is 1. The number of morpholine rings is 1. The first-order valence-electron chi connectivity index (χ1n) is 9.18. The van der Waals surface area contributed by atoms with E-state index in [1.165, 1.54) is 16.8 Å². The fourth-order valence-corrected chi connectivity index (χ4v) is 3.20. The zero-order valence-electron chi connectivity index (χ0n) is 15.6. The first kappa shape index (κ1) is 18.7. The van der Waals surface area contributed by atoms with Gasteiger partial charge in [-0.3, -0.25) is 0 Å². The molecule has 0 aliphatic carbocycles. The van der Waals surface area contributed by atoms with Crippen molar-refractivity contribution in [1.29, 1.82) is 0 Å². The molecule has 0 aromatic heterocycles. The molecule has 0 atom stereocenters. The maximum atomic E-state index is 5.54. The number of nitrogens with zero attached hydrogens (tertiary/aromatic N) is 2. The van der Waals surface area contributed by atoms with Crippen LogP contribution in [0.2, 0.25) is 0 Å². The SMILES string of the molecule is CCc1ccc(NC(=S)N(C)Cc2ccc(N3CCOCC3)cc2)cc1. The van der Waals surface area contributed by atoms with Crippen molar-refractivity contribution in [3.05, 3.63) is 59.7 Å². The molecule has 5 heteroatoms. The Labute approximate surface area is 161 Å². The van der Waals surface area contributed by atoms with Crippen LogP contribution in [0.1, 0.15) is 18.1 Å². The zero-order chi connectivity index (χ0) is 18.4. The largest absolute Gasteiger partial charge is 0.378 e. The van der Waals surface area contributed by atoms with Gasteiger partial charge in [0.15, 0.2) is 5.11 Å². The summed E-state index contributed by atoms with van der Waals surface area (Å²) in [6.07, 6.45) is 1.05. The molecule has 138 valence electrons. The van der Waals surface area contributed by atoms with E-state index in [-0.39, 0.29) is 0 Å². The fraction of sp³-hybridized carbons (Fsp3) is 0.381. The van der Waals surface area contributed by atoms with Crippen molar-refractivity contribution in [3.63, 3.8) is 0 Å². The van der Waals surface area contributed by atoms with E-state index in [1.54, 1.807) is 0 Å². The molecule has 0 radical (unpaired) electrons. The lowest BCUT2D eigenvalue weighted by Crippen LogP contribution is -2.36. The molecule has 0 amide bonds. The second kappa shape index (κ2) is 9.01. The third kappa shape index (κ3) is 4.96. The summed E-state index contributed by atoms with van der Waals surface area (Å²) in [5.41, 5.74) is 4.86. The first-order chi connectivity index (χ1) is 12.7. The van der Waals surface area contributed by atoms with Crippen molar-refractivity contribution >= 4 is 28.7 Å². The smallest absolute Gasteiger partial charge is 0.173 e. The van der Waals surface area contributed by atoms with Crippen LogP contribution in [0, 0.1) is 0 Å². The van der Waals surface area contributed by atoms with Crippen LogP contribution in [0.3, 0.4) is 0 Å². The second-order valence-electron chi connectivity index (χ2n) is 6.60. The van der Waals surface area contributed by atoms with Gasteiger partial charge in [-0.2, -0.15) is 0 Å². The summed E-state index contributed by atoms with van der Waals surface area (Å²) in [5, 5.41) is 4.04. The van der Waals surface area contributed by atoms with Gasteiger partial charge in [0.2, 0.25) is 0 Å². The Kier molecular flexibility index (Phi) is 6.47. The van der Waals surface area contributed by atoms with Crippen molar-refractivity contribution in [3.8, 4) is 0 Å². The van der Waals surface area contributed by atoms with Gasteiger partial charge in [0.05, 0.1) is 13.2 Å². The molecule has 0 spiro atoms. The van der Waals surface area contributed by atoms with Crippen LogP contribution in [0.4, 0.5) is 11.4 Å². The van der Waals surface area contributed by atoms with Crippen molar-refractivity contribution in [2.45, 2.75) is 19.9 Å².